The molecule has 0 N–H and O–H groups in total. The highest BCUT2D eigenvalue weighted by Gasteiger charge is 2.38. The lowest BCUT2D eigenvalue weighted by molar-refractivity contribution is -0.147. The maximum Gasteiger partial charge on any atom is 0.307 e. The van der Waals surface area contributed by atoms with E-state index in [1.54, 1.807) is 0 Å². The smallest absolute Gasteiger partial charge is 0.307 e. The maximum atomic E-state index is 12.0. The van der Waals surface area contributed by atoms with E-state index < -0.39 is 0 Å². The molecule has 0 aromatic heterocycles. The summed E-state index contributed by atoms with van der Waals surface area (Å²) in [5, 5.41) is 0. The minimum absolute atomic E-state index is 0.00350. The van der Waals surface area contributed by atoms with Gasteiger partial charge in [0, 0.05) is 31.7 Å². The molecule has 1 aliphatic rings. The van der Waals surface area contributed by atoms with Gasteiger partial charge in [0.1, 0.15) is 0 Å². The molecule has 0 aromatic carbocycles. The molecule has 0 aromatic rings. The third-order valence-electron chi connectivity index (χ3n) is 4.61. The molecule has 1 rings (SSSR count). The van der Waals surface area contributed by atoms with Gasteiger partial charge in [-0.1, -0.05) is 26.7 Å². The summed E-state index contributed by atoms with van der Waals surface area (Å²) in [4.78, 5) is 16.9. The summed E-state index contributed by atoms with van der Waals surface area (Å²) in [6.45, 7) is 11.1. The van der Waals surface area contributed by atoms with Gasteiger partial charge in [-0.15, -0.1) is 0 Å². The second-order valence-electron chi connectivity index (χ2n) is 5.95. The van der Waals surface area contributed by atoms with Crippen molar-refractivity contribution >= 4 is 5.97 Å². The summed E-state index contributed by atoms with van der Waals surface area (Å²) in [6, 6.07) is 0. The van der Waals surface area contributed by atoms with Gasteiger partial charge in [-0.2, -0.15) is 0 Å². The Morgan fingerprint density at radius 2 is 1.80 bits per heavy atom. The average Bonchev–Trinajstić information content (AvgIpc) is 2.44. The highest BCUT2D eigenvalue weighted by atomic mass is 16.5. The van der Waals surface area contributed by atoms with Crippen molar-refractivity contribution in [2.75, 3.05) is 39.8 Å². The number of unbranched alkanes of at least 4 members (excludes halogenated alkanes) is 1. The first-order valence-electron chi connectivity index (χ1n) is 8.17. The van der Waals surface area contributed by atoms with Crippen LogP contribution in [0.3, 0.4) is 0 Å². The molecule has 1 atom stereocenters. The van der Waals surface area contributed by atoms with Crippen LogP contribution in [0, 0.1) is 0 Å². The van der Waals surface area contributed by atoms with Crippen molar-refractivity contribution in [1.82, 2.24) is 9.80 Å². The van der Waals surface area contributed by atoms with E-state index in [1.165, 1.54) is 12.8 Å². The number of hydrogen-bond acceptors (Lipinski definition) is 4. The van der Waals surface area contributed by atoms with Crippen LogP contribution >= 0.6 is 0 Å². The topological polar surface area (TPSA) is 32.8 Å². The van der Waals surface area contributed by atoms with E-state index in [1.807, 2.05) is 6.92 Å². The molecule has 0 bridgehead atoms. The summed E-state index contributed by atoms with van der Waals surface area (Å²) in [5.41, 5.74) is 0.00350. The van der Waals surface area contributed by atoms with Crippen LogP contribution in [0.4, 0.5) is 0 Å². The standard InChI is InChI=1S/C16H32N2O2/c1-5-8-9-16(6-2,14-15(19)20-7-3)18-12-10-17(4)11-13-18/h5-14H2,1-4H3. The van der Waals surface area contributed by atoms with E-state index in [0.717, 1.165) is 39.0 Å². The molecule has 0 aliphatic carbocycles. The van der Waals surface area contributed by atoms with Crippen LogP contribution in [-0.4, -0.2) is 61.1 Å². The zero-order valence-electron chi connectivity index (χ0n) is 13.8. The van der Waals surface area contributed by atoms with Gasteiger partial charge in [-0.05, 0) is 26.8 Å². The lowest BCUT2D eigenvalue weighted by Gasteiger charge is -2.47. The van der Waals surface area contributed by atoms with E-state index in [2.05, 4.69) is 30.7 Å². The summed E-state index contributed by atoms with van der Waals surface area (Å²) in [5.74, 6) is -0.0376. The number of esters is 1. The quantitative estimate of drug-likeness (QED) is 0.641. The number of hydrogen-bond donors (Lipinski definition) is 0. The Kier molecular flexibility index (Phi) is 7.52. The van der Waals surface area contributed by atoms with Gasteiger partial charge in [-0.25, -0.2) is 0 Å². The van der Waals surface area contributed by atoms with Gasteiger partial charge in [0.2, 0.25) is 0 Å². The molecule has 0 radical (unpaired) electrons. The maximum absolute atomic E-state index is 12.0. The van der Waals surface area contributed by atoms with E-state index in [4.69, 9.17) is 4.74 Å². The molecule has 1 aliphatic heterocycles. The first-order valence-corrected chi connectivity index (χ1v) is 8.17. The number of nitrogens with zero attached hydrogens (tertiary/aromatic N) is 2. The second-order valence-corrected chi connectivity index (χ2v) is 5.95. The zero-order chi connectivity index (χ0) is 15.0. The third kappa shape index (κ3) is 4.74. The highest BCUT2D eigenvalue weighted by Crippen LogP contribution is 2.31. The van der Waals surface area contributed by atoms with Crippen molar-refractivity contribution in [1.29, 1.82) is 0 Å². The fraction of sp³-hybridized carbons (Fsp3) is 0.938. The molecular weight excluding hydrogens is 252 g/mol. The number of ether oxygens (including phenoxy) is 1. The number of rotatable bonds is 8. The Labute approximate surface area is 124 Å². The Balaban J connectivity index is 2.77. The van der Waals surface area contributed by atoms with Gasteiger partial charge in [0.05, 0.1) is 13.0 Å². The van der Waals surface area contributed by atoms with Gasteiger partial charge in [-0.3, -0.25) is 9.69 Å². The van der Waals surface area contributed by atoms with Gasteiger partial charge in [0.25, 0.3) is 0 Å². The second kappa shape index (κ2) is 8.63. The average molecular weight is 284 g/mol. The summed E-state index contributed by atoms with van der Waals surface area (Å²) in [6.07, 6.45) is 5.02. The number of likely N-dealkylation sites (N-methyl/N-ethyl adjacent to an activating group) is 1. The van der Waals surface area contributed by atoms with E-state index in [0.29, 0.717) is 13.0 Å². The molecule has 4 nitrogen and oxygen atoms in total. The molecule has 0 spiro atoms. The normalized spacial score (nSPS) is 20.6. The monoisotopic (exact) mass is 284 g/mol. The predicted molar refractivity (Wildman–Crippen MR) is 82.9 cm³/mol. The lowest BCUT2D eigenvalue weighted by Crippen LogP contribution is -2.57. The first-order chi connectivity index (χ1) is 9.57. The van der Waals surface area contributed by atoms with Crippen molar-refractivity contribution in [3.05, 3.63) is 0 Å². The summed E-state index contributed by atoms with van der Waals surface area (Å²) < 4.78 is 5.22. The first kappa shape index (κ1) is 17.4. The molecular formula is C16H32N2O2. The number of carbonyl (C=O) groups is 1. The van der Waals surface area contributed by atoms with E-state index in [-0.39, 0.29) is 11.5 Å². The molecule has 118 valence electrons. The van der Waals surface area contributed by atoms with Crippen molar-refractivity contribution in [2.45, 2.75) is 58.4 Å². The predicted octanol–water partition coefficient (Wildman–Crippen LogP) is 2.53. The fourth-order valence-corrected chi connectivity index (χ4v) is 3.15. The number of carbonyl (C=O) groups excluding carboxylic acids is 1. The van der Waals surface area contributed by atoms with Crippen LogP contribution in [0.2, 0.25) is 0 Å². The molecule has 20 heavy (non-hydrogen) atoms. The largest absolute Gasteiger partial charge is 0.466 e. The summed E-state index contributed by atoms with van der Waals surface area (Å²) in [7, 11) is 2.17. The summed E-state index contributed by atoms with van der Waals surface area (Å²) >= 11 is 0. The zero-order valence-corrected chi connectivity index (χ0v) is 13.8. The van der Waals surface area contributed by atoms with Gasteiger partial charge >= 0.3 is 5.97 Å². The van der Waals surface area contributed by atoms with E-state index in [9.17, 15) is 4.79 Å². The SMILES string of the molecule is CCCCC(CC)(CC(=O)OCC)N1CCN(C)CC1. The minimum Gasteiger partial charge on any atom is -0.466 e. The van der Waals surface area contributed by atoms with Gasteiger partial charge in [0.15, 0.2) is 0 Å². The Hall–Kier alpha value is -0.610. The molecule has 1 heterocycles. The van der Waals surface area contributed by atoms with Crippen LogP contribution in [-0.2, 0) is 9.53 Å². The molecule has 1 fully saturated rings. The van der Waals surface area contributed by atoms with Crippen LogP contribution in [0.5, 0.6) is 0 Å². The Morgan fingerprint density at radius 3 is 2.30 bits per heavy atom. The van der Waals surface area contributed by atoms with Crippen molar-refractivity contribution in [3.8, 4) is 0 Å². The number of piperazine rings is 1. The third-order valence-corrected chi connectivity index (χ3v) is 4.61. The Morgan fingerprint density at radius 1 is 1.15 bits per heavy atom. The van der Waals surface area contributed by atoms with Crippen LogP contribution in [0.15, 0.2) is 0 Å². The minimum atomic E-state index is -0.0376. The highest BCUT2D eigenvalue weighted by molar-refractivity contribution is 5.70. The van der Waals surface area contributed by atoms with Crippen molar-refractivity contribution in [2.24, 2.45) is 0 Å². The van der Waals surface area contributed by atoms with Crippen molar-refractivity contribution in [3.63, 3.8) is 0 Å². The van der Waals surface area contributed by atoms with Crippen LogP contribution in [0.1, 0.15) is 52.9 Å². The lowest BCUT2D eigenvalue weighted by atomic mass is 9.84. The van der Waals surface area contributed by atoms with Gasteiger partial charge < -0.3 is 9.64 Å². The fourth-order valence-electron chi connectivity index (χ4n) is 3.15. The van der Waals surface area contributed by atoms with E-state index >= 15 is 0 Å². The molecule has 0 saturated carbocycles. The van der Waals surface area contributed by atoms with Crippen LogP contribution in [0.25, 0.3) is 0 Å². The molecule has 0 amide bonds. The van der Waals surface area contributed by atoms with Crippen molar-refractivity contribution < 1.29 is 9.53 Å². The molecule has 1 saturated heterocycles. The Bertz CT molecular complexity index is 288. The molecule has 1 unspecified atom stereocenters. The molecule has 4 heteroatoms. The van der Waals surface area contributed by atoms with Crippen LogP contribution < -0.4 is 0 Å².